The van der Waals surface area contributed by atoms with E-state index in [1.54, 1.807) is 0 Å². The molecule has 0 radical (unpaired) electrons. The topological polar surface area (TPSA) is 55.3 Å². The summed E-state index contributed by atoms with van der Waals surface area (Å²) in [6.07, 6.45) is 0.0820. The van der Waals surface area contributed by atoms with Crippen molar-refractivity contribution in [2.75, 3.05) is 13.2 Å². The first-order valence-electron chi connectivity index (χ1n) is 7.55. The van der Waals surface area contributed by atoms with E-state index < -0.39 is 0 Å². The molecule has 0 spiro atoms. The number of nitrogens with zero attached hydrogens (tertiary/aromatic N) is 3. The third-order valence-corrected chi connectivity index (χ3v) is 5.32. The average Bonchev–Trinajstić information content (AvgIpc) is 2.77. The number of carbonyl (C=O) groups is 1. The number of fused-ring (bicyclic) bond motifs is 1. The van der Waals surface area contributed by atoms with Crippen LogP contribution < -0.4 is 0 Å². The first-order chi connectivity index (χ1) is 10.4. The van der Waals surface area contributed by atoms with E-state index in [4.69, 9.17) is 4.74 Å². The third kappa shape index (κ3) is 2.50. The van der Waals surface area contributed by atoms with Crippen molar-refractivity contribution in [1.82, 2.24) is 14.9 Å². The largest absolute Gasteiger partial charge is 0.375 e. The van der Waals surface area contributed by atoms with Crippen molar-refractivity contribution in [2.24, 2.45) is 0 Å². The number of hydrogen-bond donors (Lipinski definition) is 0. The molecular weight excluding hydrogens is 298 g/mol. The minimum Gasteiger partial charge on any atom is -0.375 e. The van der Waals surface area contributed by atoms with Crippen molar-refractivity contribution in [3.05, 3.63) is 22.0 Å². The van der Waals surface area contributed by atoms with Crippen molar-refractivity contribution in [3.63, 3.8) is 0 Å². The van der Waals surface area contributed by atoms with Crippen molar-refractivity contribution in [3.8, 4) is 0 Å². The van der Waals surface area contributed by atoms with Gasteiger partial charge in [0.15, 0.2) is 0 Å². The minimum absolute atomic E-state index is 0.0820. The van der Waals surface area contributed by atoms with Gasteiger partial charge in [0.05, 0.1) is 23.6 Å². The number of amides is 1. The molecule has 1 aliphatic rings. The van der Waals surface area contributed by atoms with Crippen LogP contribution in [0.5, 0.6) is 0 Å². The Balaban J connectivity index is 2.04. The van der Waals surface area contributed by atoms with E-state index in [0.29, 0.717) is 13.2 Å². The molecule has 1 fully saturated rings. The summed E-state index contributed by atoms with van der Waals surface area (Å²) in [7, 11) is 0. The fourth-order valence-corrected chi connectivity index (χ4v) is 4.23. The van der Waals surface area contributed by atoms with Gasteiger partial charge in [0, 0.05) is 17.6 Å². The van der Waals surface area contributed by atoms with E-state index >= 15 is 0 Å². The van der Waals surface area contributed by atoms with Crippen LogP contribution >= 0.6 is 11.3 Å². The van der Waals surface area contributed by atoms with E-state index in [1.807, 2.05) is 39.5 Å². The number of aryl methyl sites for hydroxylation is 3. The molecule has 0 aliphatic carbocycles. The second kappa shape index (κ2) is 5.59. The molecule has 2 atom stereocenters. The van der Waals surface area contributed by atoms with Gasteiger partial charge in [-0.15, -0.1) is 11.3 Å². The number of carbonyl (C=O) groups excluding carboxylic acids is 1. The molecule has 0 bridgehead atoms. The Morgan fingerprint density at radius 1 is 1.27 bits per heavy atom. The van der Waals surface area contributed by atoms with Crippen molar-refractivity contribution in [1.29, 1.82) is 0 Å². The van der Waals surface area contributed by atoms with E-state index in [9.17, 15) is 4.79 Å². The maximum absolute atomic E-state index is 13.0. The van der Waals surface area contributed by atoms with Gasteiger partial charge in [-0.3, -0.25) is 4.79 Å². The standard InChI is InChI=1S/C16H21N3O2S/c1-8-7-21-9(2)6-19(8)16(20)14-10(3)13-11(4)17-12(5)18-15(13)22-14/h8-9H,6-7H2,1-5H3. The summed E-state index contributed by atoms with van der Waals surface area (Å²) < 4.78 is 5.62. The predicted octanol–water partition coefficient (Wildman–Crippen LogP) is 2.87. The Kier molecular flexibility index (Phi) is 3.91. The van der Waals surface area contributed by atoms with Gasteiger partial charge in [0.25, 0.3) is 5.91 Å². The molecule has 5 nitrogen and oxygen atoms in total. The summed E-state index contributed by atoms with van der Waals surface area (Å²) in [5, 5.41) is 1.02. The highest BCUT2D eigenvalue weighted by Crippen LogP contribution is 2.32. The van der Waals surface area contributed by atoms with Gasteiger partial charge in [-0.2, -0.15) is 0 Å². The summed E-state index contributed by atoms with van der Waals surface area (Å²) in [4.78, 5) is 25.5. The second-order valence-electron chi connectivity index (χ2n) is 6.04. The number of ether oxygens (including phenoxy) is 1. The molecule has 2 aromatic rings. The zero-order chi connectivity index (χ0) is 16.0. The Hall–Kier alpha value is -1.53. The SMILES string of the molecule is Cc1nc(C)c2c(C)c(C(=O)N3CC(C)OCC3C)sc2n1. The fraction of sp³-hybridized carbons (Fsp3) is 0.562. The maximum atomic E-state index is 13.0. The van der Waals surface area contributed by atoms with Crippen molar-refractivity contribution < 1.29 is 9.53 Å². The van der Waals surface area contributed by atoms with Crippen LogP contribution in [-0.2, 0) is 4.74 Å². The van der Waals surface area contributed by atoms with E-state index in [-0.39, 0.29) is 18.1 Å². The van der Waals surface area contributed by atoms with Gasteiger partial charge in [-0.25, -0.2) is 9.97 Å². The monoisotopic (exact) mass is 319 g/mol. The van der Waals surface area contributed by atoms with E-state index in [2.05, 4.69) is 9.97 Å². The van der Waals surface area contributed by atoms with Crippen LogP contribution in [0, 0.1) is 20.8 Å². The third-order valence-electron chi connectivity index (χ3n) is 4.15. The first kappa shape index (κ1) is 15.4. The lowest BCUT2D eigenvalue weighted by atomic mass is 10.1. The zero-order valence-electron chi connectivity index (χ0n) is 13.6. The molecule has 3 rings (SSSR count). The molecule has 1 aliphatic heterocycles. The number of hydrogen-bond acceptors (Lipinski definition) is 5. The van der Waals surface area contributed by atoms with Gasteiger partial charge in [-0.1, -0.05) is 0 Å². The molecule has 22 heavy (non-hydrogen) atoms. The quantitative estimate of drug-likeness (QED) is 0.811. The summed E-state index contributed by atoms with van der Waals surface area (Å²) in [5.41, 5.74) is 1.94. The highest BCUT2D eigenvalue weighted by molar-refractivity contribution is 7.20. The molecule has 2 unspecified atom stereocenters. The van der Waals surface area contributed by atoms with E-state index in [0.717, 1.165) is 32.2 Å². The summed E-state index contributed by atoms with van der Waals surface area (Å²) >= 11 is 1.47. The van der Waals surface area contributed by atoms with Gasteiger partial charge < -0.3 is 9.64 Å². The molecule has 2 aromatic heterocycles. The van der Waals surface area contributed by atoms with Crippen LogP contribution in [0.15, 0.2) is 0 Å². The van der Waals surface area contributed by atoms with Crippen LogP contribution in [-0.4, -0.2) is 46.1 Å². The number of morpholine rings is 1. The summed E-state index contributed by atoms with van der Waals surface area (Å²) in [5.74, 6) is 0.832. The second-order valence-corrected chi connectivity index (χ2v) is 7.04. The van der Waals surface area contributed by atoms with E-state index in [1.165, 1.54) is 11.3 Å². The summed E-state index contributed by atoms with van der Waals surface area (Å²) in [6.45, 7) is 11.1. The number of rotatable bonds is 1. The van der Waals surface area contributed by atoms with Crippen LogP contribution in [0.3, 0.4) is 0 Å². The molecule has 1 amide bonds. The van der Waals surface area contributed by atoms with Crippen molar-refractivity contribution in [2.45, 2.75) is 46.8 Å². The van der Waals surface area contributed by atoms with Gasteiger partial charge in [-0.05, 0) is 40.2 Å². The lowest BCUT2D eigenvalue weighted by molar-refractivity contribution is -0.0385. The fourth-order valence-electron chi connectivity index (χ4n) is 2.99. The Morgan fingerprint density at radius 2 is 2.00 bits per heavy atom. The molecule has 3 heterocycles. The van der Waals surface area contributed by atoms with Crippen LogP contribution in [0.25, 0.3) is 10.2 Å². The molecule has 6 heteroatoms. The smallest absolute Gasteiger partial charge is 0.264 e. The van der Waals surface area contributed by atoms with Crippen LogP contribution in [0.4, 0.5) is 0 Å². The molecule has 0 saturated carbocycles. The normalized spacial score (nSPS) is 22.3. The molecule has 0 aromatic carbocycles. The Bertz CT molecular complexity index is 741. The Morgan fingerprint density at radius 3 is 2.73 bits per heavy atom. The molecular formula is C16H21N3O2S. The zero-order valence-corrected chi connectivity index (χ0v) is 14.5. The lowest BCUT2D eigenvalue weighted by Gasteiger charge is -2.36. The van der Waals surface area contributed by atoms with Crippen LogP contribution in [0.2, 0.25) is 0 Å². The Labute approximate surface area is 134 Å². The van der Waals surface area contributed by atoms with Gasteiger partial charge >= 0.3 is 0 Å². The van der Waals surface area contributed by atoms with Gasteiger partial charge in [0.1, 0.15) is 10.7 Å². The predicted molar refractivity (Wildman–Crippen MR) is 87.5 cm³/mol. The molecule has 0 N–H and O–H groups in total. The van der Waals surface area contributed by atoms with Crippen molar-refractivity contribution >= 4 is 27.5 Å². The molecule has 1 saturated heterocycles. The summed E-state index contributed by atoms with van der Waals surface area (Å²) in [6, 6.07) is 0.0993. The first-order valence-corrected chi connectivity index (χ1v) is 8.37. The minimum atomic E-state index is 0.0820. The highest BCUT2D eigenvalue weighted by Gasteiger charge is 2.30. The highest BCUT2D eigenvalue weighted by atomic mass is 32.1. The molecule has 118 valence electrons. The number of aromatic nitrogens is 2. The van der Waals surface area contributed by atoms with Crippen LogP contribution in [0.1, 0.15) is 40.6 Å². The van der Waals surface area contributed by atoms with Gasteiger partial charge in [0.2, 0.25) is 0 Å². The number of thiophene rings is 1. The maximum Gasteiger partial charge on any atom is 0.264 e. The average molecular weight is 319 g/mol. The lowest BCUT2D eigenvalue weighted by Crippen LogP contribution is -2.50.